The van der Waals surface area contributed by atoms with Crippen LogP contribution in [-0.4, -0.2) is 21.8 Å². The maximum Gasteiger partial charge on any atom is 0.138 e. The summed E-state index contributed by atoms with van der Waals surface area (Å²) in [6, 6.07) is 6.68. The zero-order valence-corrected chi connectivity index (χ0v) is 11.3. The third kappa shape index (κ3) is 3.38. The Morgan fingerprint density at radius 1 is 1.32 bits per heavy atom. The fourth-order valence-electron chi connectivity index (χ4n) is 2.11. The Balaban J connectivity index is 2.14. The summed E-state index contributed by atoms with van der Waals surface area (Å²) in [5, 5.41) is 7.46. The lowest BCUT2D eigenvalue weighted by molar-refractivity contribution is 0.516. The first-order chi connectivity index (χ1) is 9.24. The van der Waals surface area contributed by atoms with E-state index < -0.39 is 0 Å². The maximum absolute atomic E-state index is 12.9. The molecule has 5 heteroatoms. The minimum absolute atomic E-state index is 0.111. The maximum atomic E-state index is 12.9. The lowest BCUT2D eigenvalue weighted by atomic mass is 10.0. The summed E-state index contributed by atoms with van der Waals surface area (Å²) in [7, 11) is 1.90. The highest BCUT2D eigenvalue weighted by Crippen LogP contribution is 2.17. The van der Waals surface area contributed by atoms with E-state index in [0.717, 1.165) is 30.8 Å². The molecular formula is C14H19FN4. The van der Waals surface area contributed by atoms with E-state index in [9.17, 15) is 4.39 Å². The van der Waals surface area contributed by atoms with Crippen LogP contribution < -0.4 is 5.32 Å². The summed E-state index contributed by atoms with van der Waals surface area (Å²) in [5.41, 5.74) is 1.05. The van der Waals surface area contributed by atoms with Gasteiger partial charge in [-0.25, -0.2) is 9.37 Å². The quantitative estimate of drug-likeness (QED) is 0.869. The molecule has 0 saturated carbocycles. The number of likely N-dealkylation sites (N-methyl/N-ethyl adjacent to an activating group) is 1. The molecule has 0 spiro atoms. The third-order valence-corrected chi connectivity index (χ3v) is 3.14. The summed E-state index contributed by atoms with van der Waals surface area (Å²) < 4.78 is 14.9. The topological polar surface area (TPSA) is 42.7 Å². The molecular weight excluding hydrogens is 243 g/mol. The van der Waals surface area contributed by atoms with Crippen LogP contribution in [0.5, 0.6) is 0 Å². The van der Waals surface area contributed by atoms with E-state index in [1.807, 2.05) is 11.7 Å². The number of aryl methyl sites for hydroxylation is 1. The average Bonchev–Trinajstić information content (AvgIpc) is 2.85. The molecule has 0 aliphatic rings. The molecule has 0 saturated heterocycles. The van der Waals surface area contributed by atoms with Gasteiger partial charge in [0.15, 0.2) is 0 Å². The number of nitrogens with zero attached hydrogens (tertiary/aromatic N) is 3. The van der Waals surface area contributed by atoms with E-state index in [1.165, 1.54) is 12.1 Å². The third-order valence-electron chi connectivity index (χ3n) is 3.14. The second-order valence-electron chi connectivity index (χ2n) is 4.50. The Labute approximate surface area is 112 Å². The summed E-state index contributed by atoms with van der Waals surface area (Å²) in [6.07, 6.45) is 3.35. The molecule has 1 heterocycles. The minimum Gasteiger partial charge on any atom is -0.313 e. The van der Waals surface area contributed by atoms with E-state index in [0.29, 0.717) is 0 Å². The second kappa shape index (κ2) is 6.43. The van der Waals surface area contributed by atoms with Gasteiger partial charge in [0.05, 0.1) is 0 Å². The largest absolute Gasteiger partial charge is 0.313 e. The standard InChI is InChI=1S/C14H19FN4/c1-3-8-19-14(17-10-18-19)9-13(16-2)11-4-6-12(15)7-5-11/h4-7,10,13,16H,3,8-9H2,1-2H3. The minimum atomic E-state index is -0.215. The van der Waals surface area contributed by atoms with Crippen molar-refractivity contribution in [2.24, 2.45) is 0 Å². The van der Waals surface area contributed by atoms with Gasteiger partial charge < -0.3 is 5.32 Å². The van der Waals surface area contributed by atoms with Crippen molar-refractivity contribution >= 4 is 0 Å². The second-order valence-corrected chi connectivity index (χ2v) is 4.50. The van der Waals surface area contributed by atoms with Gasteiger partial charge in [0.25, 0.3) is 0 Å². The molecule has 102 valence electrons. The SMILES string of the molecule is CCCn1ncnc1CC(NC)c1ccc(F)cc1. The highest BCUT2D eigenvalue weighted by atomic mass is 19.1. The zero-order valence-electron chi connectivity index (χ0n) is 11.3. The number of nitrogens with one attached hydrogen (secondary N) is 1. The van der Waals surface area contributed by atoms with E-state index >= 15 is 0 Å². The van der Waals surface area contributed by atoms with Crippen molar-refractivity contribution in [1.29, 1.82) is 0 Å². The first kappa shape index (κ1) is 13.7. The van der Waals surface area contributed by atoms with Crippen molar-refractivity contribution in [3.05, 3.63) is 47.8 Å². The molecule has 0 aliphatic carbocycles. The van der Waals surface area contributed by atoms with E-state index in [1.54, 1.807) is 18.5 Å². The molecule has 1 N–H and O–H groups in total. The summed E-state index contributed by atoms with van der Waals surface area (Å²) in [4.78, 5) is 4.30. The highest BCUT2D eigenvalue weighted by Gasteiger charge is 2.14. The Morgan fingerprint density at radius 3 is 2.68 bits per heavy atom. The molecule has 0 aliphatic heterocycles. The summed E-state index contributed by atoms with van der Waals surface area (Å²) >= 11 is 0. The van der Waals surface area contributed by atoms with Crippen LogP contribution in [0.4, 0.5) is 4.39 Å². The molecule has 19 heavy (non-hydrogen) atoms. The summed E-state index contributed by atoms with van der Waals surface area (Å²) in [5.74, 6) is 0.735. The first-order valence-electron chi connectivity index (χ1n) is 6.54. The molecule has 1 aromatic heterocycles. The number of hydrogen-bond acceptors (Lipinski definition) is 3. The van der Waals surface area contributed by atoms with Crippen molar-refractivity contribution < 1.29 is 4.39 Å². The van der Waals surface area contributed by atoms with Crippen LogP contribution in [0.3, 0.4) is 0 Å². The number of benzene rings is 1. The smallest absolute Gasteiger partial charge is 0.138 e. The Hall–Kier alpha value is -1.75. The predicted molar refractivity (Wildman–Crippen MR) is 72.2 cm³/mol. The van der Waals surface area contributed by atoms with Crippen molar-refractivity contribution in [3.63, 3.8) is 0 Å². The van der Waals surface area contributed by atoms with Gasteiger partial charge >= 0.3 is 0 Å². The Bertz CT molecular complexity index is 506. The normalized spacial score (nSPS) is 12.6. The lowest BCUT2D eigenvalue weighted by Gasteiger charge is -2.16. The molecule has 0 fully saturated rings. The van der Waals surface area contributed by atoms with E-state index in [2.05, 4.69) is 22.3 Å². The van der Waals surface area contributed by atoms with E-state index in [-0.39, 0.29) is 11.9 Å². The molecule has 1 atom stereocenters. The van der Waals surface area contributed by atoms with Crippen LogP contribution in [-0.2, 0) is 13.0 Å². The van der Waals surface area contributed by atoms with Crippen LogP contribution in [0.15, 0.2) is 30.6 Å². The summed E-state index contributed by atoms with van der Waals surface area (Å²) in [6.45, 7) is 2.98. The van der Waals surface area contributed by atoms with Gasteiger partial charge in [0.1, 0.15) is 18.0 Å². The van der Waals surface area contributed by atoms with Crippen molar-refractivity contribution in [2.75, 3.05) is 7.05 Å². The monoisotopic (exact) mass is 262 g/mol. The number of halogens is 1. The fraction of sp³-hybridized carbons (Fsp3) is 0.429. The first-order valence-corrected chi connectivity index (χ1v) is 6.54. The molecule has 0 bridgehead atoms. The molecule has 0 radical (unpaired) electrons. The van der Waals surface area contributed by atoms with Gasteiger partial charge in [-0.2, -0.15) is 5.10 Å². The molecule has 1 unspecified atom stereocenters. The average molecular weight is 262 g/mol. The Kier molecular flexibility index (Phi) is 4.63. The molecule has 4 nitrogen and oxygen atoms in total. The van der Waals surface area contributed by atoms with Crippen molar-refractivity contribution in [3.8, 4) is 0 Å². The molecule has 0 amide bonds. The van der Waals surface area contributed by atoms with Gasteiger partial charge in [-0.05, 0) is 31.2 Å². The van der Waals surface area contributed by atoms with E-state index in [4.69, 9.17) is 0 Å². The molecule has 1 aromatic carbocycles. The van der Waals surface area contributed by atoms with Gasteiger partial charge in [-0.15, -0.1) is 0 Å². The number of aromatic nitrogens is 3. The number of hydrogen-bond donors (Lipinski definition) is 1. The predicted octanol–water partition coefficient (Wildman–Crippen LogP) is 2.33. The van der Waals surface area contributed by atoms with Crippen LogP contribution in [0.2, 0.25) is 0 Å². The van der Waals surface area contributed by atoms with Gasteiger partial charge in [-0.1, -0.05) is 19.1 Å². The van der Waals surface area contributed by atoms with Crippen molar-refractivity contribution in [2.45, 2.75) is 32.4 Å². The van der Waals surface area contributed by atoms with Gasteiger partial charge in [0.2, 0.25) is 0 Å². The zero-order chi connectivity index (χ0) is 13.7. The Morgan fingerprint density at radius 2 is 2.05 bits per heavy atom. The van der Waals surface area contributed by atoms with Gasteiger partial charge in [-0.3, -0.25) is 4.68 Å². The molecule has 2 rings (SSSR count). The number of rotatable bonds is 6. The highest BCUT2D eigenvalue weighted by molar-refractivity contribution is 5.20. The van der Waals surface area contributed by atoms with Crippen LogP contribution >= 0.6 is 0 Å². The van der Waals surface area contributed by atoms with Crippen LogP contribution in [0, 0.1) is 5.82 Å². The van der Waals surface area contributed by atoms with Crippen LogP contribution in [0.25, 0.3) is 0 Å². The van der Waals surface area contributed by atoms with Gasteiger partial charge in [0, 0.05) is 19.0 Å². The molecule has 2 aromatic rings. The lowest BCUT2D eigenvalue weighted by Crippen LogP contribution is -2.21. The van der Waals surface area contributed by atoms with Crippen LogP contribution in [0.1, 0.15) is 30.8 Å². The fourth-order valence-corrected chi connectivity index (χ4v) is 2.11. The van der Waals surface area contributed by atoms with Crippen molar-refractivity contribution in [1.82, 2.24) is 20.1 Å².